The van der Waals surface area contributed by atoms with Crippen LogP contribution in [0.2, 0.25) is 0 Å². The average molecular weight is 671 g/mol. The molecule has 246 valence electrons. The molecule has 4 aromatic heterocycles. The number of hydrogen-bond donors (Lipinski definition) is 0. The Morgan fingerprint density at radius 2 is 0.788 bits per heavy atom. The molecule has 0 unspecified atom stereocenters. The van der Waals surface area contributed by atoms with Gasteiger partial charge in [-0.05, 0) is 65.2 Å². The summed E-state index contributed by atoms with van der Waals surface area (Å²) in [6.45, 7) is 0. The summed E-state index contributed by atoms with van der Waals surface area (Å²) in [5.74, 6) is 0.621. The summed E-state index contributed by atoms with van der Waals surface area (Å²) in [5.41, 5.74) is 12.5. The van der Waals surface area contributed by atoms with E-state index in [9.17, 15) is 0 Å². The third kappa shape index (κ3) is 6.28. The van der Waals surface area contributed by atoms with Crippen LogP contribution in [-0.4, -0.2) is 39.5 Å². The van der Waals surface area contributed by atoms with Crippen molar-refractivity contribution in [1.29, 1.82) is 0 Å². The summed E-state index contributed by atoms with van der Waals surface area (Å²) in [5, 5.41) is 9.27. The molecule has 5 aromatic carbocycles. The maximum atomic E-state index is 5.16. The lowest BCUT2D eigenvalue weighted by Gasteiger charge is -2.12. The highest BCUT2D eigenvalue weighted by Crippen LogP contribution is 2.33. The molecule has 0 aliphatic rings. The number of rotatable bonds is 8. The van der Waals surface area contributed by atoms with Crippen LogP contribution in [0.5, 0.6) is 0 Å². The van der Waals surface area contributed by atoms with Gasteiger partial charge in [0.2, 0.25) is 0 Å². The van der Waals surface area contributed by atoms with Crippen LogP contribution >= 0.6 is 0 Å². The summed E-state index contributed by atoms with van der Waals surface area (Å²) < 4.78 is 3.79. The lowest BCUT2D eigenvalue weighted by Crippen LogP contribution is -1.96. The van der Waals surface area contributed by atoms with Gasteiger partial charge < -0.3 is 0 Å². The van der Waals surface area contributed by atoms with Gasteiger partial charge in [0.25, 0.3) is 0 Å². The van der Waals surface area contributed by atoms with Crippen molar-refractivity contribution in [2.45, 2.75) is 0 Å². The van der Waals surface area contributed by atoms with Crippen molar-refractivity contribution in [2.75, 3.05) is 0 Å². The van der Waals surface area contributed by atoms with Gasteiger partial charge in [-0.25, -0.2) is 29.3 Å². The molecule has 0 spiro atoms. The van der Waals surface area contributed by atoms with Gasteiger partial charge in [-0.15, -0.1) is 0 Å². The molecule has 0 N–H and O–H groups in total. The number of para-hydroxylation sites is 2. The molecule has 52 heavy (non-hydrogen) atoms. The van der Waals surface area contributed by atoms with E-state index in [4.69, 9.17) is 9.97 Å². The third-order valence-corrected chi connectivity index (χ3v) is 8.93. The molecule has 4 heterocycles. The van der Waals surface area contributed by atoms with Gasteiger partial charge in [0.1, 0.15) is 6.33 Å². The van der Waals surface area contributed by atoms with E-state index in [1.54, 1.807) is 0 Å². The maximum Gasteiger partial charge on any atom is 0.160 e. The van der Waals surface area contributed by atoms with E-state index in [1.165, 1.54) is 6.33 Å². The molecule has 9 aromatic rings. The highest BCUT2D eigenvalue weighted by molar-refractivity contribution is 5.78. The Kier molecular flexibility index (Phi) is 7.99. The highest BCUT2D eigenvalue weighted by atomic mass is 15.3. The number of benzene rings is 5. The second-order valence-electron chi connectivity index (χ2n) is 12.3. The van der Waals surface area contributed by atoms with Crippen LogP contribution in [0.1, 0.15) is 0 Å². The Balaban J connectivity index is 1.13. The molecular formula is C44H30N8. The minimum atomic E-state index is 0.621. The molecule has 0 saturated carbocycles. The predicted molar refractivity (Wildman–Crippen MR) is 204 cm³/mol. The first-order valence-corrected chi connectivity index (χ1v) is 16.9. The second kappa shape index (κ2) is 13.5. The summed E-state index contributed by atoms with van der Waals surface area (Å²) in [4.78, 5) is 18.8. The molecule has 0 saturated heterocycles. The first-order valence-electron chi connectivity index (χ1n) is 16.9. The van der Waals surface area contributed by atoms with E-state index in [-0.39, 0.29) is 0 Å². The summed E-state index contributed by atoms with van der Waals surface area (Å²) in [6.07, 6.45) is 13.1. The smallest absolute Gasteiger partial charge is 0.160 e. The molecule has 9 rings (SSSR count). The van der Waals surface area contributed by atoms with Crippen LogP contribution in [0, 0.1) is 0 Å². The third-order valence-electron chi connectivity index (χ3n) is 8.93. The summed E-state index contributed by atoms with van der Waals surface area (Å²) >= 11 is 0. The van der Waals surface area contributed by atoms with Crippen molar-refractivity contribution in [3.63, 3.8) is 0 Å². The van der Waals surface area contributed by atoms with Crippen LogP contribution in [0.4, 0.5) is 0 Å². The van der Waals surface area contributed by atoms with Crippen LogP contribution in [0.25, 0.3) is 78.7 Å². The Bertz CT molecular complexity index is 2490. The molecule has 0 aliphatic carbocycles. The van der Waals surface area contributed by atoms with Gasteiger partial charge in [0.15, 0.2) is 5.82 Å². The van der Waals surface area contributed by atoms with Crippen LogP contribution in [0.3, 0.4) is 0 Å². The van der Waals surface area contributed by atoms with E-state index in [0.29, 0.717) is 5.82 Å². The Hall–Kier alpha value is -7.32. The maximum absolute atomic E-state index is 5.16. The zero-order valence-electron chi connectivity index (χ0n) is 27.9. The molecule has 0 atom stereocenters. The van der Waals surface area contributed by atoms with E-state index < -0.39 is 0 Å². The fraction of sp³-hybridized carbons (Fsp3) is 0. The normalized spacial score (nSPS) is 11.1. The van der Waals surface area contributed by atoms with Gasteiger partial charge in [-0.2, -0.15) is 10.2 Å². The SMILES string of the molecule is c1ccc(-n2cc(-c3cccc(-c4cc(-c5cccc(-c6cnn(-c7ccccc7)c6)c5)nc(-c5cccc(-c6cncnc6)c5)n4)c3)cn2)cc1. The molecule has 8 heteroatoms. The van der Waals surface area contributed by atoms with E-state index in [2.05, 4.69) is 93.2 Å². The molecule has 0 radical (unpaired) electrons. The quantitative estimate of drug-likeness (QED) is 0.160. The largest absolute Gasteiger partial charge is 0.244 e. The van der Waals surface area contributed by atoms with Gasteiger partial charge in [-0.1, -0.05) is 91.0 Å². The first-order chi connectivity index (χ1) is 25.7. The zero-order valence-corrected chi connectivity index (χ0v) is 27.9. The monoisotopic (exact) mass is 670 g/mol. The van der Waals surface area contributed by atoms with Crippen molar-refractivity contribution >= 4 is 0 Å². The molecule has 0 amide bonds. The zero-order chi connectivity index (χ0) is 34.7. The van der Waals surface area contributed by atoms with Crippen molar-refractivity contribution in [3.8, 4) is 78.7 Å². The van der Waals surface area contributed by atoms with E-state index in [1.807, 2.05) is 113 Å². The van der Waals surface area contributed by atoms with E-state index in [0.717, 1.165) is 72.8 Å². The number of nitrogens with zero attached hydrogens (tertiary/aromatic N) is 8. The van der Waals surface area contributed by atoms with Crippen LogP contribution in [-0.2, 0) is 0 Å². The molecule has 8 nitrogen and oxygen atoms in total. The van der Waals surface area contributed by atoms with Crippen LogP contribution in [0.15, 0.2) is 183 Å². The minimum Gasteiger partial charge on any atom is -0.244 e. The van der Waals surface area contributed by atoms with Gasteiger partial charge in [0, 0.05) is 58.2 Å². The highest BCUT2D eigenvalue weighted by Gasteiger charge is 2.14. The Morgan fingerprint density at radius 3 is 1.31 bits per heavy atom. The molecule has 0 fully saturated rings. The molecular weight excluding hydrogens is 641 g/mol. The summed E-state index contributed by atoms with van der Waals surface area (Å²) in [6, 6.07) is 47.3. The van der Waals surface area contributed by atoms with Gasteiger partial charge in [0.05, 0.1) is 35.2 Å². The number of hydrogen-bond acceptors (Lipinski definition) is 6. The van der Waals surface area contributed by atoms with Crippen molar-refractivity contribution in [1.82, 2.24) is 39.5 Å². The van der Waals surface area contributed by atoms with E-state index >= 15 is 0 Å². The van der Waals surface area contributed by atoms with Crippen molar-refractivity contribution in [2.24, 2.45) is 0 Å². The average Bonchev–Trinajstić information content (AvgIpc) is 3.94. The second-order valence-corrected chi connectivity index (χ2v) is 12.3. The summed E-state index contributed by atoms with van der Waals surface area (Å²) in [7, 11) is 0. The minimum absolute atomic E-state index is 0.621. The predicted octanol–water partition coefficient (Wildman–Crippen LogP) is 9.64. The fourth-order valence-electron chi connectivity index (χ4n) is 6.26. The molecule has 0 aliphatic heterocycles. The fourth-order valence-corrected chi connectivity index (χ4v) is 6.26. The Morgan fingerprint density at radius 1 is 0.346 bits per heavy atom. The first kappa shape index (κ1) is 30.7. The lowest BCUT2D eigenvalue weighted by atomic mass is 10.0. The Labute approximate surface area is 300 Å². The van der Waals surface area contributed by atoms with Gasteiger partial charge >= 0.3 is 0 Å². The standard InChI is InChI=1S/C44H30N8/c1-3-16-40(17-4-1)51-28-38(26-47-51)32-11-7-13-34(20-32)42-23-43(50-44(49-42)36-15-9-10-31(22-36)37-24-45-30-46-25-37)35-14-8-12-33(21-35)39-27-48-52(29-39)41-18-5-2-6-19-41/h1-30H. The number of aromatic nitrogens is 8. The van der Waals surface area contributed by atoms with Gasteiger partial charge in [-0.3, -0.25) is 0 Å². The van der Waals surface area contributed by atoms with Crippen molar-refractivity contribution < 1.29 is 0 Å². The van der Waals surface area contributed by atoms with Crippen molar-refractivity contribution in [3.05, 3.63) is 183 Å². The topological polar surface area (TPSA) is 87.2 Å². The lowest BCUT2D eigenvalue weighted by molar-refractivity contribution is 0.881. The molecule has 0 bridgehead atoms. The van der Waals surface area contributed by atoms with Crippen LogP contribution < -0.4 is 0 Å².